The maximum Gasteiger partial charge on any atom is 0.273 e. The van der Waals surface area contributed by atoms with Gasteiger partial charge in [0.05, 0.1) is 6.04 Å². The number of aliphatic hydroxyl groups is 1. The topological polar surface area (TPSA) is 89.5 Å². The van der Waals surface area contributed by atoms with Crippen LogP contribution in [0.15, 0.2) is 36.4 Å². The molecule has 2 aromatic carbocycles. The number of aromatic nitrogens is 2. The summed E-state index contributed by atoms with van der Waals surface area (Å²) in [6, 6.07) is 9.29. The molecule has 2 heterocycles. The predicted molar refractivity (Wildman–Crippen MR) is 106 cm³/mol. The second-order valence-electron chi connectivity index (χ2n) is 7.34. The Bertz CT molecular complexity index is 1090. The van der Waals surface area contributed by atoms with Gasteiger partial charge >= 0.3 is 0 Å². The molecule has 0 saturated carbocycles. The van der Waals surface area contributed by atoms with Crippen molar-refractivity contribution < 1.29 is 19.4 Å². The molecular weight excluding hydrogens is 373 g/mol. The van der Waals surface area contributed by atoms with Crippen molar-refractivity contribution >= 4 is 5.91 Å². The average molecular weight is 395 g/mol. The molecule has 1 aliphatic heterocycles. The van der Waals surface area contributed by atoms with E-state index in [9.17, 15) is 19.4 Å². The molecule has 1 amide bonds. The fourth-order valence-electron chi connectivity index (χ4n) is 4.03. The highest BCUT2D eigenvalue weighted by molar-refractivity contribution is 6.00. The zero-order valence-corrected chi connectivity index (χ0v) is 16.2. The molecule has 29 heavy (non-hydrogen) atoms. The third-order valence-corrected chi connectivity index (χ3v) is 5.32. The Kier molecular flexibility index (Phi) is 4.84. The van der Waals surface area contributed by atoms with E-state index in [1.54, 1.807) is 36.1 Å². The number of nitrogens with one attached hydrogen (secondary N) is 1. The van der Waals surface area contributed by atoms with Gasteiger partial charge in [0.25, 0.3) is 5.91 Å². The summed E-state index contributed by atoms with van der Waals surface area (Å²) in [7, 11) is 0. The van der Waals surface area contributed by atoms with Gasteiger partial charge in [-0.3, -0.25) is 9.89 Å². The summed E-state index contributed by atoms with van der Waals surface area (Å²) < 4.78 is 14.7. The quantitative estimate of drug-likeness (QED) is 0.617. The predicted octanol–water partition coefficient (Wildman–Crippen LogP) is 3.47. The molecule has 0 saturated heterocycles. The lowest BCUT2D eigenvalue weighted by molar-refractivity contribution is 0.0730. The molecular formula is C22H22FN3O3. The fourth-order valence-corrected chi connectivity index (χ4v) is 4.03. The summed E-state index contributed by atoms with van der Waals surface area (Å²) in [6.45, 7) is 3.90. The van der Waals surface area contributed by atoms with Gasteiger partial charge in [-0.25, -0.2) is 4.39 Å². The Morgan fingerprint density at radius 1 is 1.24 bits per heavy atom. The molecule has 1 aliphatic rings. The highest BCUT2D eigenvalue weighted by Gasteiger charge is 2.43. The van der Waals surface area contributed by atoms with Gasteiger partial charge in [0.2, 0.25) is 0 Å². The number of hydrogen-bond acceptors (Lipinski definition) is 4. The molecule has 3 aromatic rings. The molecule has 0 fully saturated rings. The molecule has 0 spiro atoms. The lowest BCUT2D eigenvalue weighted by Gasteiger charge is -2.26. The number of fused-ring (bicyclic) bond motifs is 1. The number of halogens is 1. The standard InChI is InChI=1S/C22H22FN3O3/c1-12-10-13(2)21(28)15(11-12)18-17-19(25-24-18)22(29)26(8-5-9-27)20(17)14-6-3-4-7-16(14)23/h3-4,6-7,10-11,20,27-28H,5,8-9H2,1-2H3,(H,24,25)/t20-/m1/s1. The number of phenols is 1. The first kappa shape index (κ1) is 19.1. The highest BCUT2D eigenvalue weighted by Crippen LogP contribution is 2.45. The van der Waals surface area contributed by atoms with Crippen molar-refractivity contribution in [3.8, 4) is 17.0 Å². The number of aromatic hydroxyl groups is 1. The molecule has 150 valence electrons. The minimum absolute atomic E-state index is 0.0787. The third kappa shape index (κ3) is 3.07. The Morgan fingerprint density at radius 2 is 2.00 bits per heavy atom. The summed E-state index contributed by atoms with van der Waals surface area (Å²) in [6.07, 6.45) is 0.374. The van der Waals surface area contributed by atoms with Gasteiger partial charge in [0.1, 0.15) is 23.0 Å². The maximum atomic E-state index is 14.7. The van der Waals surface area contributed by atoms with Crippen LogP contribution in [0.4, 0.5) is 4.39 Å². The zero-order chi connectivity index (χ0) is 20.7. The van der Waals surface area contributed by atoms with Crippen LogP contribution in [0.25, 0.3) is 11.3 Å². The van der Waals surface area contributed by atoms with Gasteiger partial charge in [-0.2, -0.15) is 5.10 Å². The normalized spacial score (nSPS) is 15.8. The van der Waals surface area contributed by atoms with Gasteiger partial charge in [-0.05, 0) is 43.5 Å². The summed E-state index contributed by atoms with van der Waals surface area (Å²) in [5, 5.41) is 27.0. The van der Waals surface area contributed by atoms with Crippen molar-refractivity contribution in [1.82, 2.24) is 15.1 Å². The summed E-state index contributed by atoms with van der Waals surface area (Å²) in [5.41, 5.74) is 3.74. The molecule has 6 nitrogen and oxygen atoms in total. The molecule has 0 unspecified atom stereocenters. The number of aromatic amines is 1. The van der Waals surface area contributed by atoms with E-state index < -0.39 is 11.9 Å². The van der Waals surface area contributed by atoms with Crippen LogP contribution in [0.5, 0.6) is 5.75 Å². The number of amides is 1. The molecule has 7 heteroatoms. The van der Waals surface area contributed by atoms with Crippen molar-refractivity contribution in [2.45, 2.75) is 26.3 Å². The van der Waals surface area contributed by atoms with E-state index in [2.05, 4.69) is 10.2 Å². The molecule has 0 radical (unpaired) electrons. The van der Waals surface area contributed by atoms with E-state index in [0.29, 0.717) is 34.4 Å². The number of nitrogens with zero attached hydrogens (tertiary/aromatic N) is 2. The molecule has 1 aromatic heterocycles. The first-order valence-electron chi connectivity index (χ1n) is 9.49. The number of benzene rings is 2. The largest absolute Gasteiger partial charge is 0.507 e. The Balaban J connectivity index is 1.94. The van der Waals surface area contributed by atoms with Crippen molar-refractivity contribution in [2.75, 3.05) is 13.2 Å². The molecule has 0 bridgehead atoms. The Morgan fingerprint density at radius 3 is 2.72 bits per heavy atom. The SMILES string of the molecule is Cc1cc(C)c(O)c(-c2n[nH]c3c2[C@@H](c2ccccc2F)N(CCCO)C3=O)c1. The van der Waals surface area contributed by atoms with E-state index in [4.69, 9.17) is 0 Å². The van der Waals surface area contributed by atoms with Gasteiger partial charge in [-0.1, -0.05) is 24.3 Å². The van der Waals surface area contributed by atoms with Gasteiger partial charge < -0.3 is 15.1 Å². The van der Waals surface area contributed by atoms with Crippen molar-refractivity contribution in [3.05, 3.63) is 70.2 Å². The first-order valence-corrected chi connectivity index (χ1v) is 9.49. The number of phenolic OH excluding ortho intramolecular Hbond substituents is 1. The summed E-state index contributed by atoms with van der Waals surface area (Å²) in [5.74, 6) is -0.647. The van der Waals surface area contributed by atoms with Gasteiger partial charge in [0.15, 0.2) is 0 Å². The summed E-state index contributed by atoms with van der Waals surface area (Å²) in [4.78, 5) is 14.6. The smallest absolute Gasteiger partial charge is 0.273 e. The second-order valence-corrected chi connectivity index (χ2v) is 7.34. The van der Waals surface area contributed by atoms with Crippen LogP contribution in [0.2, 0.25) is 0 Å². The maximum absolute atomic E-state index is 14.7. The van der Waals surface area contributed by atoms with E-state index in [-0.39, 0.29) is 30.5 Å². The number of carbonyl (C=O) groups excluding carboxylic acids is 1. The number of carbonyl (C=O) groups is 1. The highest BCUT2D eigenvalue weighted by atomic mass is 19.1. The number of H-pyrrole nitrogens is 1. The fraction of sp³-hybridized carbons (Fsp3) is 0.273. The molecule has 4 rings (SSSR count). The van der Waals surface area contributed by atoms with Crippen LogP contribution < -0.4 is 0 Å². The monoisotopic (exact) mass is 395 g/mol. The molecule has 3 N–H and O–H groups in total. The number of aliphatic hydroxyl groups excluding tert-OH is 1. The third-order valence-electron chi connectivity index (χ3n) is 5.32. The van der Waals surface area contributed by atoms with Crippen LogP contribution in [-0.4, -0.2) is 44.4 Å². The second kappa shape index (κ2) is 7.33. The van der Waals surface area contributed by atoms with Gasteiger partial charge in [-0.15, -0.1) is 0 Å². The summed E-state index contributed by atoms with van der Waals surface area (Å²) >= 11 is 0. The van der Waals surface area contributed by atoms with Gasteiger partial charge in [0, 0.05) is 29.8 Å². The number of aryl methyl sites for hydroxylation is 2. The lowest BCUT2D eigenvalue weighted by atomic mass is 9.94. The van der Waals surface area contributed by atoms with E-state index in [1.165, 1.54) is 6.07 Å². The average Bonchev–Trinajstić information content (AvgIpc) is 3.23. The van der Waals surface area contributed by atoms with Crippen molar-refractivity contribution in [1.29, 1.82) is 0 Å². The molecule has 0 aliphatic carbocycles. The Hall–Kier alpha value is -3.19. The van der Waals surface area contributed by atoms with E-state index in [0.717, 1.165) is 5.56 Å². The van der Waals surface area contributed by atoms with Crippen LogP contribution in [0.1, 0.15) is 45.2 Å². The minimum atomic E-state index is -0.695. The van der Waals surface area contributed by atoms with E-state index in [1.807, 2.05) is 13.0 Å². The van der Waals surface area contributed by atoms with E-state index >= 15 is 0 Å². The number of hydrogen-bond donors (Lipinski definition) is 3. The minimum Gasteiger partial charge on any atom is -0.507 e. The lowest BCUT2D eigenvalue weighted by Crippen LogP contribution is -2.31. The van der Waals surface area contributed by atoms with Crippen LogP contribution in [0, 0.1) is 19.7 Å². The number of rotatable bonds is 5. The zero-order valence-electron chi connectivity index (χ0n) is 16.2. The Labute approximate surface area is 167 Å². The van der Waals surface area contributed by atoms with Crippen molar-refractivity contribution in [2.24, 2.45) is 0 Å². The van der Waals surface area contributed by atoms with Crippen LogP contribution in [-0.2, 0) is 0 Å². The van der Waals surface area contributed by atoms with Crippen LogP contribution in [0.3, 0.4) is 0 Å². The molecule has 1 atom stereocenters. The van der Waals surface area contributed by atoms with Crippen LogP contribution >= 0.6 is 0 Å². The van der Waals surface area contributed by atoms with Crippen molar-refractivity contribution in [3.63, 3.8) is 0 Å². The first-order chi connectivity index (χ1) is 13.9.